The maximum absolute atomic E-state index is 12.8. The highest BCUT2D eigenvalue weighted by Gasteiger charge is 2.24. The number of amides is 1. The fraction of sp³-hybridized carbons (Fsp3) is 0.791. The second-order valence-corrected chi connectivity index (χ2v) is 16.9. The minimum Gasteiger partial charge on any atom is -0.756 e. The van der Waals surface area contributed by atoms with E-state index < -0.39 is 20.0 Å². The molecule has 0 fully saturated rings. The van der Waals surface area contributed by atoms with Gasteiger partial charge in [-0.2, -0.15) is 0 Å². The van der Waals surface area contributed by atoms with Crippen molar-refractivity contribution in [3.05, 3.63) is 48.6 Å². The smallest absolute Gasteiger partial charge is 0.268 e. The molecule has 0 radical (unpaired) electrons. The molecule has 0 heterocycles. The molecule has 0 aliphatic rings. The predicted octanol–water partition coefficient (Wildman–Crippen LogP) is 9.64. The molecule has 4 atom stereocenters. The van der Waals surface area contributed by atoms with Gasteiger partial charge in [-0.25, -0.2) is 0 Å². The van der Waals surface area contributed by atoms with E-state index in [1.165, 1.54) is 64.2 Å². The molecular weight excluding hydrogens is 687 g/mol. The number of aliphatic hydroxyl groups excluding tert-OH is 2. The average Bonchev–Trinajstić information content (AvgIpc) is 3.10. The summed E-state index contributed by atoms with van der Waals surface area (Å²) in [5, 5.41) is 23.6. The number of rotatable bonds is 37. The molecule has 0 bridgehead atoms. The Morgan fingerprint density at radius 2 is 1.21 bits per heavy atom. The lowest BCUT2D eigenvalue weighted by Crippen LogP contribution is -2.46. The van der Waals surface area contributed by atoms with Crippen molar-refractivity contribution in [2.75, 3.05) is 40.9 Å². The van der Waals surface area contributed by atoms with Crippen LogP contribution in [0, 0.1) is 0 Å². The van der Waals surface area contributed by atoms with E-state index in [1.807, 2.05) is 33.3 Å². The van der Waals surface area contributed by atoms with Crippen LogP contribution in [0.3, 0.4) is 0 Å². The monoisotopic (exact) mass is 769 g/mol. The summed E-state index contributed by atoms with van der Waals surface area (Å²) in [5.74, 6) is -0.236. The Balaban J connectivity index is 4.55. The van der Waals surface area contributed by atoms with Crippen molar-refractivity contribution < 1.29 is 38.0 Å². The maximum Gasteiger partial charge on any atom is 0.268 e. The van der Waals surface area contributed by atoms with Gasteiger partial charge in [0.1, 0.15) is 13.2 Å². The van der Waals surface area contributed by atoms with Gasteiger partial charge in [-0.15, -0.1) is 0 Å². The summed E-state index contributed by atoms with van der Waals surface area (Å²) in [5.41, 5.74) is 0. The van der Waals surface area contributed by atoms with Crippen molar-refractivity contribution in [1.82, 2.24) is 5.32 Å². The molecule has 1 amide bonds. The van der Waals surface area contributed by atoms with Crippen LogP contribution in [0.25, 0.3) is 0 Å². The van der Waals surface area contributed by atoms with Gasteiger partial charge in [0, 0.05) is 6.42 Å². The van der Waals surface area contributed by atoms with Crippen molar-refractivity contribution in [3.63, 3.8) is 0 Å². The zero-order valence-electron chi connectivity index (χ0n) is 34.6. The van der Waals surface area contributed by atoms with Crippen molar-refractivity contribution in [2.24, 2.45) is 0 Å². The molecule has 0 aliphatic heterocycles. The molecule has 0 aromatic rings. The third-order valence-electron chi connectivity index (χ3n) is 9.14. The third-order valence-corrected chi connectivity index (χ3v) is 10.1. The Hall–Kier alpha value is -1.58. The van der Waals surface area contributed by atoms with Crippen molar-refractivity contribution in [2.45, 2.75) is 180 Å². The molecule has 1 unspecified atom stereocenters. The summed E-state index contributed by atoms with van der Waals surface area (Å²) in [7, 11) is 1.24. The number of hydrogen-bond acceptors (Lipinski definition) is 7. The Labute approximate surface area is 325 Å². The number of hydrogen-bond donors (Lipinski definition) is 3. The molecule has 310 valence electrons. The topological polar surface area (TPSA) is 128 Å². The standard InChI is InChI=1S/C43H81N2O7P/c1-6-8-10-11-12-13-14-15-19-22-25-28-31-35-42(47)41(39-52-53(49,50)51-38-37-45(3,4)5)44-43(48)36-32-29-26-23-20-17-16-18-21-24-27-30-34-40(46)33-9-7-2/h16-17,21,23-24,26,30,34,40-42,46-47H,6-15,18-20,22,25,27-29,31-33,35-39H2,1-5H3,(H-,44,48,49,50)/b17-16-,24-21-,26-23-,34-30-/t40-,41+,42-/m1/s1. The Kier molecular flexibility index (Phi) is 33.8. The van der Waals surface area contributed by atoms with Crippen LogP contribution in [0.1, 0.15) is 162 Å². The Morgan fingerprint density at radius 3 is 1.75 bits per heavy atom. The summed E-state index contributed by atoms with van der Waals surface area (Å²) in [4.78, 5) is 25.2. The lowest BCUT2D eigenvalue weighted by atomic mass is 10.0. The fourth-order valence-electron chi connectivity index (χ4n) is 5.70. The van der Waals surface area contributed by atoms with Gasteiger partial charge in [0.05, 0.1) is 46.0 Å². The first kappa shape index (κ1) is 51.4. The van der Waals surface area contributed by atoms with Crippen LogP contribution in [-0.2, 0) is 18.4 Å². The number of nitrogens with one attached hydrogen (secondary N) is 1. The highest BCUT2D eigenvalue weighted by Crippen LogP contribution is 2.38. The van der Waals surface area contributed by atoms with E-state index in [9.17, 15) is 24.5 Å². The average molecular weight is 769 g/mol. The van der Waals surface area contributed by atoms with Crippen LogP contribution < -0.4 is 10.2 Å². The number of phosphoric ester groups is 1. The Bertz CT molecular complexity index is 1020. The minimum absolute atomic E-state index is 0.00720. The molecule has 0 saturated carbocycles. The number of unbranched alkanes of at least 4 members (excludes halogenated alkanes) is 14. The van der Waals surface area contributed by atoms with Gasteiger partial charge in [0.2, 0.25) is 5.91 Å². The van der Waals surface area contributed by atoms with Crippen molar-refractivity contribution in [1.29, 1.82) is 0 Å². The predicted molar refractivity (Wildman–Crippen MR) is 220 cm³/mol. The molecule has 3 N–H and O–H groups in total. The van der Waals surface area contributed by atoms with Gasteiger partial charge in [-0.1, -0.05) is 159 Å². The zero-order chi connectivity index (χ0) is 39.5. The zero-order valence-corrected chi connectivity index (χ0v) is 35.5. The molecular formula is C43H81N2O7P. The molecule has 0 aliphatic carbocycles. The molecule has 0 saturated heterocycles. The highest BCUT2D eigenvalue weighted by atomic mass is 31.2. The van der Waals surface area contributed by atoms with Crippen LogP contribution >= 0.6 is 7.82 Å². The van der Waals surface area contributed by atoms with Gasteiger partial charge in [0.15, 0.2) is 0 Å². The van der Waals surface area contributed by atoms with E-state index in [-0.39, 0.29) is 31.6 Å². The van der Waals surface area contributed by atoms with E-state index in [4.69, 9.17) is 9.05 Å². The summed E-state index contributed by atoms with van der Waals surface area (Å²) in [6, 6.07) is -0.841. The fourth-order valence-corrected chi connectivity index (χ4v) is 6.42. The number of carbonyl (C=O) groups is 1. The van der Waals surface area contributed by atoms with E-state index >= 15 is 0 Å². The number of likely N-dealkylation sites (N-methyl/N-ethyl adjacent to an activating group) is 1. The molecule has 0 aromatic heterocycles. The minimum atomic E-state index is -4.59. The second kappa shape index (κ2) is 34.9. The van der Waals surface area contributed by atoms with E-state index in [2.05, 4.69) is 55.6 Å². The molecule has 10 heteroatoms. The van der Waals surface area contributed by atoms with E-state index in [1.54, 1.807) is 0 Å². The highest BCUT2D eigenvalue weighted by molar-refractivity contribution is 7.45. The first-order valence-corrected chi connectivity index (χ1v) is 22.5. The molecule has 0 spiro atoms. The number of aliphatic hydroxyl groups is 2. The quantitative estimate of drug-likeness (QED) is 0.0249. The molecule has 53 heavy (non-hydrogen) atoms. The van der Waals surface area contributed by atoms with Gasteiger partial charge >= 0.3 is 0 Å². The SMILES string of the molecule is CCCCCCCCCCCCCCC[C@@H](O)[C@H](COP(=O)([O-])OCC[N+](C)(C)C)NC(=O)CCC/C=C\C/C=C\C/C=C\C/C=C\[C@H](O)CCCC. The van der Waals surface area contributed by atoms with Crippen LogP contribution in [0.4, 0.5) is 0 Å². The van der Waals surface area contributed by atoms with Crippen LogP contribution in [0.2, 0.25) is 0 Å². The van der Waals surface area contributed by atoms with Gasteiger partial charge in [-0.3, -0.25) is 9.36 Å². The number of carbonyl (C=O) groups excluding carboxylic acids is 1. The van der Waals surface area contributed by atoms with E-state index in [0.29, 0.717) is 23.9 Å². The normalized spacial score (nSPS) is 15.5. The molecule has 0 aromatic carbocycles. The summed E-state index contributed by atoms with van der Waals surface area (Å²) in [6.07, 6.45) is 38.8. The largest absolute Gasteiger partial charge is 0.756 e. The van der Waals surface area contributed by atoms with Gasteiger partial charge in [-0.05, 0) is 44.9 Å². The molecule has 0 rings (SSSR count). The number of quaternary nitrogens is 1. The third kappa shape index (κ3) is 37.1. The lowest BCUT2D eigenvalue weighted by Gasteiger charge is -2.30. The summed E-state index contributed by atoms with van der Waals surface area (Å²) in [6.45, 7) is 4.49. The lowest BCUT2D eigenvalue weighted by molar-refractivity contribution is -0.870. The second-order valence-electron chi connectivity index (χ2n) is 15.5. The van der Waals surface area contributed by atoms with Gasteiger partial charge in [0.25, 0.3) is 7.82 Å². The van der Waals surface area contributed by atoms with Crippen LogP contribution in [0.5, 0.6) is 0 Å². The van der Waals surface area contributed by atoms with Gasteiger partial charge < -0.3 is 34.0 Å². The maximum atomic E-state index is 12.8. The number of allylic oxidation sites excluding steroid dienone is 7. The van der Waals surface area contributed by atoms with Crippen LogP contribution in [0.15, 0.2) is 48.6 Å². The van der Waals surface area contributed by atoms with E-state index in [0.717, 1.165) is 64.2 Å². The summed E-state index contributed by atoms with van der Waals surface area (Å²) >= 11 is 0. The number of phosphoric acid groups is 1. The summed E-state index contributed by atoms with van der Waals surface area (Å²) < 4.78 is 23.2. The first-order chi connectivity index (χ1) is 25.4. The molecule has 9 nitrogen and oxygen atoms in total. The van der Waals surface area contributed by atoms with Crippen molar-refractivity contribution >= 4 is 13.7 Å². The van der Waals surface area contributed by atoms with Crippen molar-refractivity contribution in [3.8, 4) is 0 Å². The number of nitrogens with zero attached hydrogens (tertiary/aromatic N) is 1. The Morgan fingerprint density at radius 1 is 0.698 bits per heavy atom. The first-order valence-electron chi connectivity index (χ1n) is 21.1. The van der Waals surface area contributed by atoms with Crippen LogP contribution in [-0.4, -0.2) is 79.8 Å².